The lowest BCUT2D eigenvalue weighted by Crippen LogP contribution is -2.21. The van der Waals surface area contributed by atoms with Crippen LogP contribution in [-0.4, -0.2) is 43.0 Å². The van der Waals surface area contributed by atoms with E-state index in [0.717, 1.165) is 42.0 Å². The minimum absolute atomic E-state index is 0.182. The highest BCUT2D eigenvalue weighted by Gasteiger charge is 2.11. The average molecular weight is 326 g/mol. The third-order valence-corrected chi connectivity index (χ3v) is 3.86. The van der Waals surface area contributed by atoms with Crippen molar-refractivity contribution < 1.29 is 4.79 Å². The van der Waals surface area contributed by atoms with E-state index in [1.807, 2.05) is 45.3 Å². The van der Waals surface area contributed by atoms with Crippen LogP contribution in [-0.2, 0) is 6.42 Å². The van der Waals surface area contributed by atoms with Gasteiger partial charge in [-0.3, -0.25) is 4.79 Å². The lowest BCUT2D eigenvalue weighted by atomic mass is 10.1. The van der Waals surface area contributed by atoms with Gasteiger partial charge in [0.25, 0.3) is 5.91 Å². The van der Waals surface area contributed by atoms with E-state index in [2.05, 4.69) is 27.4 Å². The van der Waals surface area contributed by atoms with Gasteiger partial charge in [-0.15, -0.1) is 0 Å². The number of hydrogen-bond acceptors (Lipinski definition) is 4. The lowest BCUT2D eigenvalue weighted by Gasteiger charge is -2.13. The number of rotatable bonds is 7. The van der Waals surface area contributed by atoms with Crippen LogP contribution in [0.4, 0.5) is 11.4 Å². The summed E-state index contributed by atoms with van der Waals surface area (Å²) in [6, 6.07) is 9.68. The van der Waals surface area contributed by atoms with Gasteiger partial charge in [0.1, 0.15) is 5.69 Å². The zero-order valence-electron chi connectivity index (χ0n) is 14.9. The van der Waals surface area contributed by atoms with Crippen molar-refractivity contribution in [3.05, 3.63) is 53.3 Å². The molecule has 1 aromatic carbocycles. The second-order valence-electron chi connectivity index (χ2n) is 6.08. The summed E-state index contributed by atoms with van der Waals surface area (Å²) in [5.41, 5.74) is 4.41. The van der Waals surface area contributed by atoms with E-state index in [-0.39, 0.29) is 5.91 Å². The van der Waals surface area contributed by atoms with Gasteiger partial charge in [-0.1, -0.05) is 25.1 Å². The Labute approximate surface area is 144 Å². The minimum Gasteiger partial charge on any atom is -0.383 e. The molecule has 0 spiro atoms. The fourth-order valence-electron chi connectivity index (χ4n) is 2.44. The minimum atomic E-state index is -0.182. The van der Waals surface area contributed by atoms with Crippen LogP contribution in [0, 0.1) is 6.92 Å². The number of nitrogens with zero attached hydrogens (tertiary/aromatic N) is 2. The fourth-order valence-corrected chi connectivity index (χ4v) is 2.44. The first-order chi connectivity index (χ1) is 11.5. The molecule has 0 unspecified atom stereocenters. The number of likely N-dealkylation sites (N-methyl/N-ethyl adjacent to an activating group) is 1. The van der Waals surface area contributed by atoms with Crippen molar-refractivity contribution >= 4 is 17.3 Å². The summed E-state index contributed by atoms with van der Waals surface area (Å²) < 4.78 is 0. The normalized spacial score (nSPS) is 10.7. The lowest BCUT2D eigenvalue weighted by molar-refractivity contribution is 0.102. The standard InChI is InChI=1S/C19H26N4O/c1-5-15-8-6-7-14(2)18(15)22-19(24)17-10-9-16(13-21-17)20-11-12-23(3)4/h6-10,13,20H,5,11-12H2,1-4H3,(H,22,24). The van der Waals surface area contributed by atoms with Gasteiger partial charge >= 0.3 is 0 Å². The van der Waals surface area contributed by atoms with Gasteiger partial charge < -0.3 is 15.5 Å². The summed E-state index contributed by atoms with van der Waals surface area (Å²) in [5, 5.41) is 6.28. The van der Waals surface area contributed by atoms with Crippen molar-refractivity contribution in [3.8, 4) is 0 Å². The number of anilines is 2. The molecule has 1 amide bonds. The molecular formula is C19H26N4O. The van der Waals surface area contributed by atoms with Crippen LogP contribution in [0.25, 0.3) is 0 Å². The summed E-state index contributed by atoms with van der Waals surface area (Å²) in [6.07, 6.45) is 2.57. The molecule has 0 bridgehead atoms. The smallest absolute Gasteiger partial charge is 0.274 e. The van der Waals surface area contributed by atoms with E-state index >= 15 is 0 Å². The first-order valence-corrected chi connectivity index (χ1v) is 8.25. The summed E-state index contributed by atoms with van der Waals surface area (Å²) in [7, 11) is 4.06. The molecular weight excluding hydrogens is 300 g/mol. The van der Waals surface area contributed by atoms with Crippen LogP contribution in [0.2, 0.25) is 0 Å². The maximum absolute atomic E-state index is 12.4. The Bertz CT molecular complexity index is 680. The number of amides is 1. The van der Waals surface area contributed by atoms with Gasteiger partial charge in [-0.25, -0.2) is 4.98 Å². The molecule has 0 aliphatic rings. The van der Waals surface area contributed by atoms with Crippen molar-refractivity contribution in [1.29, 1.82) is 0 Å². The summed E-state index contributed by atoms with van der Waals surface area (Å²) >= 11 is 0. The first kappa shape index (κ1) is 17.9. The number of benzene rings is 1. The van der Waals surface area contributed by atoms with E-state index in [1.165, 1.54) is 0 Å². The second kappa shape index (κ2) is 8.45. The topological polar surface area (TPSA) is 57.3 Å². The van der Waals surface area contributed by atoms with Gasteiger partial charge in [0.15, 0.2) is 0 Å². The quantitative estimate of drug-likeness (QED) is 0.820. The highest BCUT2D eigenvalue weighted by molar-refractivity contribution is 6.03. The van der Waals surface area contributed by atoms with Gasteiger partial charge in [-0.2, -0.15) is 0 Å². The number of pyridine rings is 1. The molecule has 0 saturated heterocycles. The highest BCUT2D eigenvalue weighted by Crippen LogP contribution is 2.21. The van der Waals surface area contributed by atoms with E-state index in [4.69, 9.17) is 0 Å². The first-order valence-electron chi connectivity index (χ1n) is 8.25. The summed E-state index contributed by atoms with van der Waals surface area (Å²) in [6.45, 7) is 5.86. The maximum Gasteiger partial charge on any atom is 0.274 e. The third-order valence-electron chi connectivity index (χ3n) is 3.86. The predicted octanol–water partition coefficient (Wildman–Crippen LogP) is 3.18. The predicted molar refractivity (Wildman–Crippen MR) is 99.8 cm³/mol. The molecule has 2 N–H and O–H groups in total. The van der Waals surface area contributed by atoms with E-state index < -0.39 is 0 Å². The zero-order valence-corrected chi connectivity index (χ0v) is 14.9. The summed E-state index contributed by atoms with van der Waals surface area (Å²) in [5.74, 6) is -0.182. The van der Waals surface area contributed by atoms with Crippen LogP contribution in [0.3, 0.4) is 0 Å². The molecule has 1 aromatic heterocycles. The second-order valence-corrected chi connectivity index (χ2v) is 6.08. The Hall–Kier alpha value is -2.40. The number of aromatic nitrogens is 1. The number of hydrogen-bond donors (Lipinski definition) is 2. The van der Waals surface area contributed by atoms with Gasteiger partial charge in [0.05, 0.1) is 11.9 Å². The Kier molecular flexibility index (Phi) is 6.32. The van der Waals surface area contributed by atoms with Gasteiger partial charge in [-0.05, 0) is 50.7 Å². The Morgan fingerprint density at radius 3 is 2.62 bits per heavy atom. The van der Waals surface area contributed by atoms with Crippen molar-refractivity contribution in [2.75, 3.05) is 37.8 Å². The molecule has 0 radical (unpaired) electrons. The van der Waals surface area contributed by atoms with Crippen LogP contribution in [0.1, 0.15) is 28.5 Å². The molecule has 5 heteroatoms. The largest absolute Gasteiger partial charge is 0.383 e. The number of carbonyl (C=O) groups excluding carboxylic acids is 1. The van der Waals surface area contributed by atoms with Crippen molar-refractivity contribution in [3.63, 3.8) is 0 Å². The molecule has 0 aliphatic carbocycles. The molecule has 0 fully saturated rings. The van der Waals surface area contributed by atoms with E-state index in [0.29, 0.717) is 5.69 Å². The molecule has 2 aromatic rings. The summed E-state index contributed by atoms with van der Waals surface area (Å²) in [4.78, 5) is 18.8. The maximum atomic E-state index is 12.4. The molecule has 0 aliphatic heterocycles. The number of para-hydroxylation sites is 1. The monoisotopic (exact) mass is 326 g/mol. The zero-order chi connectivity index (χ0) is 17.5. The Morgan fingerprint density at radius 1 is 1.21 bits per heavy atom. The Balaban J connectivity index is 2.03. The van der Waals surface area contributed by atoms with Gasteiger partial charge in [0, 0.05) is 18.8 Å². The third kappa shape index (κ3) is 4.80. The van der Waals surface area contributed by atoms with Crippen LogP contribution in [0.15, 0.2) is 36.5 Å². The highest BCUT2D eigenvalue weighted by atomic mass is 16.1. The van der Waals surface area contributed by atoms with E-state index in [1.54, 1.807) is 12.3 Å². The Morgan fingerprint density at radius 2 is 2.00 bits per heavy atom. The van der Waals surface area contributed by atoms with Gasteiger partial charge in [0.2, 0.25) is 0 Å². The number of carbonyl (C=O) groups is 1. The van der Waals surface area contributed by atoms with Crippen molar-refractivity contribution in [2.45, 2.75) is 20.3 Å². The van der Waals surface area contributed by atoms with Crippen molar-refractivity contribution in [1.82, 2.24) is 9.88 Å². The molecule has 5 nitrogen and oxygen atoms in total. The van der Waals surface area contributed by atoms with Crippen molar-refractivity contribution in [2.24, 2.45) is 0 Å². The molecule has 1 heterocycles. The van der Waals surface area contributed by atoms with Crippen LogP contribution < -0.4 is 10.6 Å². The molecule has 24 heavy (non-hydrogen) atoms. The number of nitrogens with one attached hydrogen (secondary N) is 2. The number of aryl methyl sites for hydroxylation is 2. The molecule has 2 rings (SSSR count). The molecule has 0 saturated carbocycles. The molecule has 128 valence electrons. The van der Waals surface area contributed by atoms with Crippen LogP contribution in [0.5, 0.6) is 0 Å². The van der Waals surface area contributed by atoms with Crippen LogP contribution >= 0.6 is 0 Å². The SMILES string of the molecule is CCc1cccc(C)c1NC(=O)c1ccc(NCCN(C)C)cn1. The average Bonchev–Trinajstić information content (AvgIpc) is 2.57. The fraction of sp³-hybridized carbons (Fsp3) is 0.368. The molecule has 0 atom stereocenters. The van der Waals surface area contributed by atoms with E-state index in [9.17, 15) is 4.79 Å².